The second-order valence-electron chi connectivity index (χ2n) is 7.41. The van der Waals surface area contributed by atoms with E-state index in [0.717, 1.165) is 16.6 Å². The molecule has 0 radical (unpaired) electrons. The smallest absolute Gasteiger partial charge is 0.277 e. The lowest BCUT2D eigenvalue weighted by molar-refractivity contribution is 0.102. The molecule has 4 rings (SSSR count). The topological polar surface area (TPSA) is 93.4 Å². The van der Waals surface area contributed by atoms with Crippen LogP contribution in [-0.2, 0) is 12.6 Å². The molecule has 1 aromatic carbocycles. The normalized spacial score (nSPS) is 11.9. The van der Waals surface area contributed by atoms with Gasteiger partial charge >= 0.3 is 0 Å². The predicted molar refractivity (Wildman–Crippen MR) is 103 cm³/mol. The molecule has 0 fully saturated rings. The molecule has 0 aliphatic rings. The van der Waals surface area contributed by atoms with Crippen LogP contribution in [0.5, 0.6) is 0 Å². The van der Waals surface area contributed by atoms with Crippen LogP contribution in [0.25, 0.3) is 22.3 Å². The van der Waals surface area contributed by atoms with Crippen LogP contribution in [0.2, 0.25) is 0 Å². The van der Waals surface area contributed by atoms with Crippen molar-refractivity contribution in [3.63, 3.8) is 0 Å². The summed E-state index contributed by atoms with van der Waals surface area (Å²) in [5.41, 5.74) is 2.54. The van der Waals surface area contributed by atoms with E-state index in [9.17, 15) is 4.79 Å². The zero-order valence-electron chi connectivity index (χ0n) is 15.7. The van der Waals surface area contributed by atoms with Crippen molar-refractivity contribution in [1.82, 2.24) is 29.8 Å². The third kappa shape index (κ3) is 2.99. The van der Waals surface area contributed by atoms with Gasteiger partial charge in [-0.15, -0.1) is 0 Å². The van der Waals surface area contributed by atoms with Crippen molar-refractivity contribution in [2.75, 3.05) is 5.32 Å². The van der Waals surface area contributed by atoms with Crippen molar-refractivity contribution < 1.29 is 4.79 Å². The highest BCUT2D eigenvalue weighted by molar-refractivity contribution is 6.09. The number of aryl methyl sites for hydroxylation is 1. The number of carbonyl (C=O) groups is 1. The first-order valence-corrected chi connectivity index (χ1v) is 8.68. The second-order valence-corrected chi connectivity index (χ2v) is 7.41. The first-order chi connectivity index (χ1) is 12.8. The zero-order chi connectivity index (χ0) is 19.2. The number of amides is 1. The Morgan fingerprint density at radius 3 is 2.52 bits per heavy atom. The Labute approximate surface area is 156 Å². The highest BCUT2D eigenvalue weighted by atomic mass is 16.2. The van der Waals surface area contributed by atoms with Gasteiger partial charge in [-0.1, -0.05) is 30.3 Å². The largest absolute Gasteiger partial charge is 0.305 e. The Balaban J connectivity index is 1.70. The number of aromatic nitrogens is 6. The summed E-state index contributed by atoms with van der Waals surface area (Å²) < 4.78 is 3.46. The molecule has 0 spiro atoms. The second kappa shape index (κ2) is 6.08. The quantitative estimate of drug-likeness (QED) is 0.585. The fourth-order valence-electron chi connectivity index (χ4n) is 2.92. The molecule has 8 nitrogen and oxygen atoms in total. The van der Waals surface area contributed by atoms with Crippen LogP contribution in [0.15, 0.2) is 42.6 Å². The lowest BCUT2D eigenvalue weighted by atomic mass is 10.1. The van der Waals surface area contributed by atoms with E-state index in [1.165, 1.54) is 0 Å². The van der Waals surface area contributed by atoms with Crippen LogP contribution in [0.3, 0.4) is 0 Å². The van der Waals surface area contributed by atoms with E-state index in [-0.39, 0.29) is 11.4 Å². The number of nitrogens with one attached hydrogen (secondary N) is 2. The SMILES string of the molecule is Cn1nc(-c2ccccc2)c2c(NC(=O)c3ccn(C(C)(C)C)n3)[nH]nc21. The molecule has 3 heterocycles. The molecule has 2 N–H and O–H groups in total. The number of hydrogen-bond donors (Lipinski definition) is 2. The Morgan fingerprint density at radius 1 is 1.11 bits per heavy atom. The van der Waals surface area contributed by atoms with Crippen LogP contribution in [0.1, 0.15) is 31.3 Å². The molecule has 0 bridgehead atoms. The van der Waals surface area contributed by atoms with E-state index < -0.39 is 0 Å². The van der Waals surface area contributed by atoms with Crippen LogP contribution >= 0.6 is 0 Å². The van der Waals surface area contributed by atoms with Gasteiger partial charge in [-0.3, -0.25) is 14.6 Å². The Morgan fingerprint density at radius 2 is 1.85 bits per heavy atom. The molecule has 3 aromatic heterocycles. The molecule has 27 heavy (non-hydrogen) atoms. The van der Waals surface area contributed by atoms with E-state index in [2.05, 4.69) is 25.7 Å². The van der Waals surface area contributed by atoms with Crippen LogP contribution in [0, 0.1) is 0 Å². The average Bonchev–Trinajstić information content (AvgIpc) is 3.33. The van der Waals surface area contributed by atoms with E-state index in [1.807, 2.05) is 58.2 Å². The van der Waals surface area contributed by atoms with Crippen molar-refractivity contribution >= 4 is 22.8 Å². The molecule has 0 atom stereocenters. The average molecular weight is 363 g/mol. The summed E-state index contributed by atoms with van der Waals surface area (Å²) in [6, 6.07) is 11.5. The maximum Gasteiger partial charge on any atom is 0.277 e. The van der Waals surface area contributed by atoms with E-state index >= 15 is 0 Å². The van der Waals surface area contributed by atoms with Gasteiger partial charge in [-0.25, -0.2) is 4.68 Å². The van der Waals surface area contributed by atoms with Gasteiger partial charge in [-0.05, 0) is 26.8 Å². The number of carbonyl (C=O) groups excluding carboxylic acids is 1. The number of rotatable bonds is 3. The van der Waals surface area contributed by atoms with Gasteiger partial charge in [0.05, 0.1) is 10.9 Å². The molecular formula is C19H21N7O. The minimum atomic E-state index is -0.300. The number of anilines is 1. The number of aromatic amines is 1. The Hall–Kier alpha value is -3.42. The molecule has 1 amide bonds. The summed E-state index contributed by atoms with van der Waals surface area (Å²) in [4.78, 5) is 12.7. The molecule has 0 unspecified atom stereocenters. The Kier molecular flexibility index (Phi) is 3.83. The molecular weight excluding hydrogens is 342 g/mol. The zero-order valence-corrected chi connectivity index (χ0v) is 15.7. The van der Waals surface area contributed by atoms with Gasteiger partial charge in [0.2, 0.25) is 0 Å². The third-order valence-corrected chi connectivity index (χ3v) is 4.34. The first kappa shape index (κ1) is 17.0. The van der Waals surface area contributed by atoms with Gasteiger partial charge < -0.3 is 5.32 Å². The molecule has 138 valence electrons. The van der Waals surface area contributed by atoms with E-state index in [4.69, 9.17) is 0 Å². The Bertz CT molecular complexity index is 1110. The van der Waals surface area contributed by atoms with Gasteiger partial charge in [0, 0.05) is 18.8 Å². The molecule has 8 heteroatoms. The van der Waals surface area contributed by atoms with Crippen LogP contribution in [0.4, 0.5) is 5.82 Å². The van der Waals surface area contributed by atoms with E-state index in [0.29, 0.717) is 17.2 Å². The maximum atomic E-state index is 12.7. The molecule has 0 saturated carbocycles. The summed E-state index contributed by atoms with van der Waals surface area (Å²) in [5, 5.41) is 19.8. The minimum Gasteiger partial charge on any atom is -0.305 e. The summed E-state index contributed by atoms with van der Waals surface area (Å²) in [6.07, 6.45) is 1.80. The standard InChI is InChI=1S/C19H21N7O/c1-19(2,3)26-11-10-13(23-26)18(27)20-16-14-15(12-8-6-5-7-9-12)24-25(4)17(14)22-21-16/h5-11H,1-4H3,(H2,20,21,22,27). The highest BCUT2D eigenvalue weighted by Crippen LogP contribution is 2.31. The fourth-order valence-corrected chi connectivity index (χ4v) is 2.92. The number of hydrogen-bond acceptors (Lipinski definition) is 4. The first-order valence-electron chi connectivity index (χ1n) is 8.68. The van der Waals surface area contributed by atoms with Crippen molar-refractivity contribution in [2.24, 2.45) is 7.05 Å². The van der Waals surface area contributed by atoms with Gasteiger partial charge in [0.25, 0.3) is 5.91 Å². The van der Waals surface area contributed by atoms with Gasteiger partial charge in [0.1, 0.15) is 11.5 Å². The molecule has 4 aromatic rings. The molecule has 0 aliphatic carbocycles. The van der Waals surface area contributed by atoms with Crippen molar-refractivity contribution in [1.29, 1.82) is 0 Å². The van der Waals surface area contributed by atoms with Crippen molar-refractivity contribution in [2.45, 2.75) is 26.3 Å². The molecule has 0 saturated heterocycles. The lowest BCUT2D eigenvalue weighted by Gasteiger charge is -2.18. The molecule has 0 aliphatic heterocycles. The van der Waals surface area contributed by atoms with Crippen LogP contribution in [-0.4, -0.2) is 35.7 Å². The summed E-state index contributed by atoms with van der Waals surface area (Å²) in [5.74, 6) is 0.207. The maximum absolute atomic E-state index is 12.7. The number of nitrogens with zero attached hydrogens (tertiary/aromatic N) is 5. The van der Waals surface area contributed by atoms with E-state index in [1.54, 1.807) is 21.6 Å². The van der Waals surface area contributed by atoms with Gasteiger partial charge in [-0.2, -0.15) is 15.3 Å². The number of fused-ring (bicyclic) bond motifs is 1. The monoisotopic (exact) mass is 363 g/mol. The predicted octanol–water partition coefficient (Wildman–Crippen LogP) is 3.17. The minimum absolute atomic E-state index is 0.191. The van der Waals surface area contributed by atoms with Crippen molar-refractivity contribution in [3.05, 3.63) is 48.3 Å². The number of H-pyrrole nitrogens is 1. The highest BCUT2D eigenvalue weighted by Gasteiger charge is 2.21. The lowest BCUT2D eigenvalue weighted by Crippen LogP contribution is -2.23. The number of benzene rings is 1. The van der Waals surface area contributed by atoms with Gasteiger partial charge in [0.15, 0.2) is 11.3 Å². The fraction of sp³-hybridized carbons (Fsp3) is 0.263. The summed E-state index contributed by atoms with van der Waals surface area (Å²) in [6.45, 7) is 6.09. The summed E-state index contributed by atoms with van der Waals surface area (Å²) in [7, 11) is 1.83. The van der Waals surface area contributed by atoms with Crippen molar-refractivity contribution in [3.8, 4) is 11.3 Å². The van der Waals surface area contributed by atoms with Crippen LogP contribution < -0.4 is 5.32 Å². The third-order valence-electron chi connectivity index (χ3n) is 4.34. The summed E-state index contributed by atoms with van der Waals surface area (Å²) >= 11 is 0.